The Morgan fingerprint density at radius 1 is 1.25 bits per heavy atom. The van der Waals surface area contributed by atoms with Crippen LogP contribution < -0.4 is 5.32 Å². The van der Waals surface area contributed by atoms with Crippen LogP contribution in [-0.4, -0.2) is 52.2 Å². The Kier molecular flexibility index (Phi) is 4.12. The Morgan fingerprint density at radius 2 is 1.97 bits per heavy atom. The first-order chi connectivity index (χ1) is 15.5. The van der Waals surface area contributed by atoms with E-state index in [1.54, 1.807) is 6.33 Å². The number of nitrogens with zero attached hydrogens (tertiary/aromatic N) is 6. The van der Waals surface area contributed by atoms with Crippen molar-refractivity contribution in [3.63, 3.8) is 0 Å². The zero-order chi connectivity index (χ0) is 22.1. The topological polar surface area (TPSA) is 96.7 Å². The van der Waals surface area contributed by atoms with Crippen molar-refractivity contribution >= 4 is 39.6 Å². The molecule has 0 saturated heterocycles. The van der Waals surface area contributed by atoms with Gasteiger partial charge in [-0.15, -0.1) is 0 Å². The fourth-order valence-electron chi connectivity index (χ4n) is 4.83. The van der Waals surface area contributed by atoms with Gasteiger partial charge in [0, 0.05) is 37.4 Å². The summed E-state index contributed by atoms with van der Waals surface area (Å²) in [6.07, 6.45) is 6.16. The second-order valence-corrected chi connectivity index (χ2v) is 9.10. The van der Waals surface area contributed by atoms with E-state index in [1.165, 1.54) is 0 Å². The molecule has 4 aromatic rings. The van der Waals surface area contributed by atoms with E-state index in [2.05, 4.69) is 36.8 Å². The molecule has 0 bridgehead atoms. The molecule has 0 spiro atoms. The summed E-state index contributed by atoms with van der Waals surface area (Å²) in [6, 6.07) is 2.79. The number of imidazole rings is 1. The molecule has 0 atom stereocenters. The number of amides is 1. The maximum Gasteiger partial charge on any atom is 0.271 e. The summed E-state index contributed by atoms with van der Waals surface area (Å²) in [4.78, 5) is 28.8. The molecule has 1 amide bonds. The van der Waals surface area contributed by atoms with Gasteiger partial charge >= 0.3 is 0 Å². The number of carbonyl (C=O) groups excluding carboxylic acids is 1. The van der Waals surface area contributed by atoms with Gasteiger partial charge in [0.2, 0.25) is 0 Å². The normalized spacial score (nSPS) is 16.2. The minimum Gasteiger partial charge on any atom is -0.342 e. The van der Waals surface area contributed by atoms with E-state index < -0.39 is 0 Å². The number of aromatic nitrogens is 6. The largest absolute Gasteiger partial charge is 0.342 e. The number of hydrogen-bond donors (Lipinski definition) is 2. The third-order valence-corrected chi connectivity index (χ3v) is 6.80. The van der Waals surface area contributed by atoms with Gasteiger partial charge in [-0.05, 0) is 52.0 Å². The first kappa shape index (κ1) is 19.3. The van der Waals surface area contributed by atoms with Crippen molar-refractivity contribution in [1.82, 2.24) is 34.2 Å². The van der Waals surface area contributed by atoms with Crippen molar-refractivity contribution in [2.24, 2.45) is 7.05 Å². The lowest BCUT2D eigenvalue weighted by atomic mass is 10.1. The van der Waals surface area contributed by atoms with Gasteiger partial charge in [-0.3, -0.25) is 9.48 Å². The summed E-state index contributed by atoms with van der Waals surface area (Å²) in [5, 5.41) is 8.81. The Morgan fingerprint density at radius 3 is 2.56 bits per heavy atom. The van der Waals surface area contributed by atoms with E-state index in [9.17, 15) is 4.79 Å². The molecule has 9 heteroatoms. The highest BCUT2D eigenvalue weighted by Gasteiger charge is 2.43. The number of anilines is 2. The summed E-state index contributed by atoms with van der Waals surface area (Å²) >= 11 is 0. The number of rotatable bonds is 6. The van der Waals surface area contributed by atoms with Crippen LogP contribution in [0.5, 0.6) is 0 Å². The average molecular weight is 433 g/mol. The van der Waals surface area contributed by atoms with Gasteiger partial charge in [-0.2, -0.15) is 5.10 Å². The zero-order valence-electron chi connectivity index (χ0n) is 18.9. The van der Waals surface area contributed by atoms with Crippen LogP contribution in [-0.2, 0) is 13.6 Å². The van der Waals surface area contributed by atoms with E-state index in [0.29, 0.717) is 24.4 Å². The molecular weight excluding hydrogens is 404 g/mol. The molecule has 2 N–H and O–H groups in total. The fourth-order valence-corrected chi connectivity index (χ4v) is 4.83. The number of aromatic amines is 1. The van der Waals surface area contributed by atoms with Gasteiger partial charge in [0.05, 0.1) is 11.7 Å². The second kappa shape index (κ2) is 6.82. The van der Waals surface area contributed by atoms with Crippen molar-refractivity contribution < 1.29 is 4.79 Å². The van der Waals surface area contributed by atoms with Gasteiger partial charge in [-0.1, -0.05) is 0 Å². The molecule has 166 valence electrons. The summed E-state index contributed by atoms with van der Waals surface area (Å²) in [5.74, 6) is 1.53. The van der Waals surface area contributed by atoms with Crippen LogP contribution in [0.2, 0.25) is 0 Å². The molecule has 0 aromatic carbocycles. The van der Waals surface area contributed by atoms with E-state index >= 15 is 0 Å². The number of carbonyl (C=O) groups is 1. The standard InChI is InChI=1S/C23H28N8O/c1-5-30-20(23(32)31(14-6-7-14)15-8-9-15)13(3)17-18-19(25-11-24-18)21(27-22(17)30)26-16-10-12(2)29(4)28-16/h10-11,14-15H,5-9H2,1-4H3,(H,24,25)(H,26,27,28). The number of aryl methyl sites for hydroxylation is 4. The van der Waals surface area contributed by atoms with E-state index in [-0.39, 0.29) is 5.91 Å². The van der Waals surface area contributed by atoms with Gasteiger partial charge in [0.1, 0.15) is 22.4 Å². The van der Waals surface area contributed by atoms with Crippen molar-refractivity contribution in [3.05, 3.63) is 29.3 Å². The fraction of sp³-hybridized carbons (Fsp3) is 0.478. The van der Waals surface area contributed by atoms with Crippen molar-refractivity contribution in [1.29, 1.82) is 0 Å². The quantitative estimate of drug-likeness (QED) is 0.483. The van der Waals surface area contributed by atoms with Crippen LogP contribution in [0, 0.1) is 13.8 Å². The molecule has 0 aliphatic heterocycles. The third kappa shape index (κ3) is 2.83. The van der Waals surface area contributed by atoms with Gasteiger partial charge in [0.15, 0.2) is 11.6 Å². The first-order valence-corrected chi connectivity index (χ1v) is 11.4. The van der Waals surface area contributed by atoms with Gasteiger partial charge < -0.3 is 19.8 Å². The molecule has 2 aliphatic rings. The molecule has 6 rings (SSSR count). The molecule has 0 radical (unpaired) electrons. The predicted octanol–water partition coefficient (Wildman–Crippen LogP) is 3.79. The first-order valence-electron chi connectivity index (χ1n) is 11.4. The summed E-state index contributed by atoms with van der Waals surface area (Å²) in [6.45, 7) is 6.78. The number of pyridine rings is 1. The summed E-state index contributed by atoms with van der Waals surface area (Å²) < 4.78 is 3.89. The van der Waals surface area contributed by atoms with Crippen LogP contribution in [0.3, 0.4) is 0 Å². The average Bonchev–Trinajstić information content (AvgIpc) is 3.67. The molecule has 2 fully saturated rings. The smallest absolute Gasteiger partial charge is 0.271 e. The number of hydrogen-bond acceptors (Lipinski definition) is 5. The molecule has 2 aliphatic carbocycles. The Balaban J connectivity index is 1.53. The van der Waals surface area contributed by atoms with E-state index in [1.807, 2.05) is 31.6 Å². The lowest BCUT2D eigenvalue weighted by molar-refractivity contribution is 0.0718. The van der Waals surface area contributed by atoms with Crippen LogP contribution in [0.25, 0.3) is 22.1 Å². The SMILES string of the molecule is CCn1c(C(=O)N(C2CC2)C2CC2)c(C)c2c3nc[nH]c3c(Nc3cc(C)n(C)n3)nc21. The van der Waals surface area contributed by atoms with Crippen molar-refractivity contribution in [2.45, 2.75) is 65.1 Å². The maximum absolute atomic E-state index is 13.8. The third-order valence-electron chi connectivity index (χ3n) is 6.80. The highest BCUT2D eigenvalue weighted by Crippen LogP contribution is 2.40. The lowest BCUT2D eigenvalue weighted by Crippen LogP contribution is -2.36. The monoisotopic (exact) mass is 432 g/mol. The van der Waals surface area contributed by atoms with Crippen molar-refractivity contribution in [3.8, 4) is 0 Å². The molecule has 32 heavy (non-hydrogen) atoms. The molecule has 9 nitrogen and oxygen atoms in total. The molecule has 4 heterocycles. The number of nitrogens with one attached hydrogen (secondary N) is 2. The van der Waals surface area contributed by atoms with Crippen LogP contribution >= 0.6 is 0 Å². The van der Waals surface area contributed by atoms with E-state index in [4.69, 9.17) is 4.98 Å². The Hall–Kier alpha value is -3.36. The van der Waals surface area contributed by atoms with Crippen LogP contribution in [0.1, 0.15) is 54.4 Å². The highest BCUT2D eigenvalue weighted by atomic mass is 16.2. The van der Waals surface area contributed by atoms with E-state index in [0.717, 1.165) is 70.5 Å². The van der Waals surface area contributed by atoms with Crippen LogP contribution in [0.15, 0.2) is 12.4 Å². The minimum absolute atomic E-state index is 0.144. The molecular formula is C23H28N8O. The molecule has 0 unspecified atom stereocenters. The van der Waals surface area contributed by atoms with Crippen molar-refractivity contribution in [2.75, 3.05) is 5.32 Å². The lowest BCUT2D eigenvalue weighted by Gasteiger charge is -2.23. The minimum atomic E-state index is 0.144. The van der Waals surface area contributed by atoms with Gasteiger partial charge in [-0.25, -0.2) is 9.97 Å². The molecule has 2 saturated carbocycles. The Labute approximate surface area is 185 Å². The number of fused-ring (bicyclic) bond motifs is 3. The summed E-state index contributed by atoms with van der Waals surface area (Å²) in [7, 11) is 1.91. The van der Waals surface area contributed by atoms with Crippen LogP contribution in [0.4, 0.5) is 11.6 Å². The summed E-state index contributed by atoms with van der Waals surface area (Å²) in [5.41, 5.74) is 5.20. The Bertz CT molecular complexity index is 1340. The van der Waals surface area contributed by atoms with Gasteiger partial charge in [0.25, 0.3) is 5.91 Å². The maximum atomic E-state index is 13.8. The second-order valence-electron chi connectivity index (χ2n) is 9.10. The number of H-pyrrole nitrogens is 1. The zero-order valence-corrected chi connectivity index (χ0v) is 18.9. The highest BCUT2D eigenvalue weighted by molar-refractivity contribution is 6.12. The predicted molar refractivity (Wildman–Crippen MR) is 123 cm³/mol. The molecule has 4 aromatic heterocycles.